The summed E-state index contributed by atoms with van der Waals surface area (Å²) in [5.41, 5.74) is 1.70. The third-order valence-electron chi connectivity index (χ3n) is 3.31. The zero-order valence-corrected chi connectivity index (χ0v) is 15.5. The second-order valence-corrected chi connectivity index (χ2v) is 7.13. The van der Waals surface area contributed by atoms with Gasteiger partial charge in [0, 0.05) is 17.8 Å². The molecule has 0 aliphatic rings. The molecule has 2 aromatic rings. The molecule has 2 aromatic carbocycles. The fraction of sp³-hybridized carbons (Fsp3) is 0.167. The molecular weight excluding hydrogens is 356 g/mol. The summed E-state index contributed by atoms with van der Waals surface area (Å²) in [5, 5.41) is 2.73. The summed E-state index contributed by atoms with van der Waals surface area (Å²) in [5.74, 6) is 0.776. The highest BCUT2D eigenvalue weighted by atomic mass is 32.2. The second kappa shape index (κ2) is 8.39. The van der Waals surface area contributed by atoms with E-state index in [1.54, 1.807) is 48.5 Å². The van der Waals surface area contributed by atoms with Gasteiger partial charge in [-0.15, -0.1) is 0 Å². The largest absolute Gasteiger partial charge is 0.497 e. The fourth-order valence-electron chi connectivity index (χ4n) is 2.13. The Kier molecular flexibility index (Phi) is 6.24. The van der Waals surface area contributed by atoms with Crippen molar-refractivity contribution in [1.29, 1.82) is 0 Å². The minimum atomic E-state index is -3.32. The first kappa shape index (κ1) is 19.3. The lowest BCUT2D eigenvalue weighted by Crippen LogP contribution is -2.09. The van der Waals surface area contributed by atoms with E-state index in [0.29, 0.717) is 22.9 Å². The molecule has 2 rings (SSSR count). The van der Waals surface area contributed by atoms with Gasteiger partial charge in [0.25, 0.3) is 0 Å². The quantitative estimate of drug-likeness (QED) is 0.725. The molecule has 0 aliphatic carbocycles. The molecule has 0 atom stereocenters. The lowest BCUT2D eigenvalue weighted by Gasteiger charge is -2.10. The van der Waals surface area contributed by atoms with Crippen LogP contribution >= 0.6 is 0 Å². The number of methoxy groups -OCH3 is 2. The first-order valence-corrected chi connectivity index (χ1v) is 9.49. The van der Waals surface area contributed by atoms with Gasteiger partial charge >= 0.3 is 0 Å². The number of anilines is 2. The van der Waals surface area contributed by atoms with Crippen LogP contribution in [0.1, 0.15) is 5.56 Å². The van der Waals surface area contributed by atoms with E-state index in [1.807, 2.05) is 0 Å². The Hall–Kier alpha value is -3.00. The van der Waals surface area contributed by atoms with E-state index in [0.717, 1.165) is 11.8 Å². The van der Waals surface area contributed by atoms with E-state index in [9.17, 15) is 13.2 Å². The van der Waals surface area contributed by atoms with Gasteiger partial charge < -0.3 is 14.8 Å². The summed E-state index contributed by atoms with van der Waals surface area (Å²) in [6.45, 7) is 0. The molecule has 0 saturated heterocycles. The molecule has 8 heteroatoms. The van der Waals surface area contributed by atoms with Crippen LogP contribution in [0, 0.1) is 0 Å². The van der Waals surface area contributed by atoms with Gasteiger partial charge in [-0.2, -0.15) is 0 Å². The molecule has 0 radical (unpaired) electrons. The van der Waals surface area contributed by atoms with Crippen molar-refractivity contribution in [2.24, 2.45) is 0 Å². The predicted molar refractivity (Wildman–Crippen MR) is 102 cm³/mol. The summed E-state index contributed by atoms with van der Waals surface area (Å²) in [6.07, 6.45) is 4.07. The molecule has 0 aromatic heterocycles. The Morgan fingerprint density at radius 1 is 1.04 bits per heavy atom. The Morgan fingerprint density at radius 3 is 2.31 bits per heavy atom. The Morgan fingerprint density at radius 2 is 1.73 bits per heavy atom. The Balaban J connectivity index is 2.05. The Bertz CT molecular complexity index is 906. The van der Waals surface area contributed by atoms with Gasteiger partial charge in [-0.1, -0.05) is 12.1 Å². The number of hydrogen-bond acceptors (Lipinski definition) is 5. The van der Waals surface area contributed by atoms with E-state index in [4.69, 9.17) is 9.47 Å². The SMILES string of the molecule is COc1ccc(OC)c(NC(=O)/C=C/c2ccc(NS(C)(=O)=O)cc2)c1. The molecule has 0 spiro atoms. The van der Waals surface area contributed by atoms with Crippen LogP contribution in [-0.4, -0.2) is 34.8 Å². The third-order valence-corrected chi connectivity index (χ3v) is 3.91. The maximum Gasteiger partial charge on any atom is 0.248 e. The summed E-state index contributed by atoms with van der Waals surface area (Å²) in [6, 6.07) is 11.7. The number of hydrogen-bond donors (Lipinski definition) is 2. The van der Waals surface area contributed by atoms with E-state index in [-0.39, 0.29) is 5.91 Å². The summed E-state index contributed by atoms with van der Waals surface area (Å²) in [4.78, 5) is 12.1. The fourth-order valence-corrected chi connectivity index (χ4v) is 2.70. The molecule has 138 valence electrons. The standard InChI is InChI=1S/C18H20N2O5S/c1-24-15-9-10-17(25-2)16(12-15)19-18(21)11-6-13-4-7-14(8-5-13)20-26(3,22)23/h4-12,20H,1-3H3,(H,19,21)/b11-6+. The monoisotopic (exact) mass is 376 g/mol. The van der Waals surface area contributed by atoms with Crippen molar-refractivity contribution in [3.63, 3.8) is 0 Å². The van der Waals surface area contributed by atoms with Gasteiger partial charge in [0.2, 0.25) is 15.9 Å². The van der Waals surface area contributed by atoms with Crippen molar-refractivity contribution < 1.29 is 22.7 Å². The molecule has 1 amide bonds. The van der Waals surface area contributed by atoms with Crippen molar-refractivity contribution in [2.75, 3.05) is 30.5 Å². The average molecular weight is 376 g/mol. The molecular formula is C18H20N2O5S. The second-order valence-electron chi connectivity index (χ2n) is 5.39. The molecule has 2 N–H and O–H groups in total. The maximum absolute atomic E-state index is 12.1. The molecule has 0 heterocycles. The van der Waals surface area contributed by atoms with Gasteiger partial charge in [0.1, 0.15) is 11.5 Å². The topological polar surface area (TPSA) is 93.7 Å². The van der Waals surface area contributed by atoms with Gasteiger partial charge in [-0.05, 0) is 35.9 Å². The first-order valence-electron chi connectivity index (χ1n) is 7.59. The number of ether oxygens (including phenoxy) is 2. The van der Waals surface area contributed by atoms with Crippen LogP contribution in [0.25, 0.3) is 6.08 Å². The van der Waals surface area contributed by atoms with Gasteiger partial charge in [-0.25, -0.2) is 8.42 Å². The van der Waals surface area contributed by atoms with Crippen molar-refractivity contribution >= 4 is 33.4 Å². The molecule has 26 heavy (non-hydrogen) atoms. The maximum atomic E-state index is 12.1. The highest BCUT2D eigenvalue weighted by molar-refractivity contribution is 7.92. The lowest BCUT2D eigenvalue weighted by atomic mass is 10.2. The van der Waals surface area contributed by atoms with Crippen LogP contribution in [0.3, 0.4) is 0 Å². The lowest BCUT2D eigenvalue weighted by molar-refractivity contribution is -0.111. The predicted octanol–water partition coefficient (Wildman–Crippen LogP) is 2.73. The number of amides is 1. The minimum Gasteiger partial charge on any atom is -0.497 e. The summed E-state index contributed by atoms with van der Waals surface area (Å²) >= 11 is 0. The first-order chi connectivity index (χ1) is 12.3. The molecule has 7 nitrogen and oxygen atoms in total. The van der Waals surface area contributed by atoms with E-state index in [2.05, 4.69) is 10.0 Å². The zero-order valence-electron chi connectivity index (χ0n) is 14.6. The van der Waals surface area contributed by atoms with Crippen molar-refractivity contribution in [3.8, 4) is 11.5 Å². The number of sulfonamides is 1. The summed E-state index contributed by atoms with van der Waals surface area (Å²) < 4.78 is 35.1. The van der Waals surface area contributed by atoms with E-state index >= 15 is 0 Å². The number of carbonyl (C=O) groups excluding carboxylic acids is 1. The van der Waals surface area contributed by atoms with Crippen molar-refractivity contribution in [3.05, 3.63) is 54.1 Å². The molecule has 0 fully saturated rings. The van der Waals surface area contributed by atoms with Crippen LogP contribution in [-0.2, 0) is 14.8 Å². The molecule has 0 aliphatic heterocycles. The molecule has 0 bridgehead atoms. The molecule has 0 saturated carbocycles. The minimum absolute atomic E-state index is 0.338. The van der Waals surface area contributed by atoms with Crippen molar-refractivity contribution in [2.45, 2.75) is 0 Å². The smallest absolute Gasteiger partial charge is 0.248 e. The van der Waals surface area contributed by atoms with Crippen molar-refractivity contribution in [1.82, 2.24) is 0 Å². The van der Waals surface area contributed by atoms with Gasteiger partial charge in [-0.3, -0.25) is 9.52 Å². The number of nitrogens with one attached hydrogen (secondary N) is 2. The van der Waals surface area contributed by atoms with Gasteiger partial charge in [0.15, 0.2) is 0 Å². The molecule has 0 unspecified atom stereocenters. The van der Waals surface area contributed by atoms with Gasteiger partial charge in [0.05, 0.1) is 26.2 Å². The van der Waals surface area contributed by atoms with E-state index < -0.39 is 10.0 Å². The third kappa shape index (κ3) is 5.82. The number of rotatable bonds is 7. The highest BCUT2D eigenvalue weighted by Crippen LogP contribution is 2.28. The van der Waals surface area contributed by atoms with Crippen LogP contribution in [0.4, 0.5) is 11.4 Å². The Labute approximate surface area is 152 Å². The number of benzene rings is 2. The van der Waals surface area contributed by atoms with E-state index in [1.165, 1.54) is 20.3 Å². The van der Waals surface area contributed by atoms with Crippen LogP contribution in [0.2, 0.25) is 0 Å². The summed E-state index contributed by atoms with van der Waals surface area (Å²) in [7, 11) is -0.266. The van der Waals surface area contributed by atoms with Crippen LogP contribution in [0.5, 0.6) is 11.5 Å². The average Bonchev–Trinajstić information content (AvgIpc) is 2.59. The van der Waals surface area contributed by atoms with Crippen LogP contribution < -0.4 is 19.5 Å². The zero-order chi connectivity index (χ0) is 19.2. The van der Waals surface area contributed by atoms with Crippen LogP contribution in [0.15, 0.2) is 48.5 Å². The normalized spacial score (nSPS) is 11.2. The highest BCUT2D eigenvalue weighted by Gasteiger charge is 2.07. The number of carbonyl (C=O) groups is 1.